The average Bonchev–Trinajstić information content (AvgIpc) is 0.722. The molecule has 0 heterocycles. The van der Waals surface area contributed by atoms with Crippen LogP contribution in [0.15, 0.2) is 0 Å². The number of hydrogen-bond acceptors (Lipinski definition) is 1. The van der Waals surface area contributed by atoms with Gasteiger partial charge >= 0.3 is 68.3 Å². The maximum absolute atomic E-state index is 8.94. The molecule has 8 heavy (non-hydrogen) atoms. The summed E-state index contributed by atoms with van der Waals surface area (Å²) < 4.78 is 30.7. The third-order valence-corrected chi connectivity index (χ3v) is 0. The summed E-state index contributed by atoms with van der Waals surface area (Å²) in [6.07, 6.45) is 0. The Bertz CT molecular complexity index is 61.9. The van der Waals surface area contributed by atoms with Gasteiger partial charge < -0.3 is 13.8 Å². The summed E-state index contributed by atoms with van der Waals surface area (Å²) >= 11 is -5.12. The second-order valence-corrected chi connectivity index (χ2v) is 2.67. The third-order valence-electron chi connectivity index (χ3n) is 0. The molecular formula is H9AsCaO6. The van der Waals surface area contributed by atoms with Gasteiger partial charge in [0.1, 0.15) is 0 Å². The number of rotatable bonds is 0. The minimum Gasteiger partial charge on any atom is -1.00 e. The molecule has 0 saturated heterocycles. The molecule has 0 aliphatic heterocycles. The van der Waals surface area contributed by atoms with E-state index in [2.05, 4.69) is 0 Å². The molecule has 8 heteroatoms. The zero-order chi connectivity index (χ0) is 4.50. The average molecular weight is 220 g/mol. The van der Waals surface area contributed by atoms with Crippen LogP contribution >= 0.6 is 0 Å². The van der Waals surface area contributed by atoms with Crippen LogP contribution in [-0.4, -0.2) is 75.5 Å². The molecule has 0 fully saturated rings. The minimum absolute atomic E-state index is 0. The van der Waals surface area contributed by atoms with Crippen LogP contribution in [0.4, 0.5) is 0 Å². The van der Waals surface area contributed by atoms with E-state index in [0.29, 0.717) is 0 Å². The van der Waals surface area contributed by atoms with Crippen LogP contribution in [0.1, 0.15) is 2.85 Å². The van der Waals surface area contributed by atoms with Crippen LogP contribution in [0.5, 0.6) is 0 Å². The maximum Gasteiger partial charge on any atom is 2.00 e. The van der Waals surface area contributed by atoms with E-state index in [1.807, 2.05) is 0 Å². The molecular weight excluding hydrogens is 211 g/mol. The van der Waals surface area contributed by atoms with E-state index >= 15 is 0 Å². The molecule has 0 spiro atoms. The summed E-state index contributed by atoms with van der Waals surface area (Å²) in [7, 11) is 0. The quantitative estimate of drug-likeness (QED) is 0.358. The van der Waals surface area contributed by atoms with Gasteiger partial charge in [0.25, 0.3) is 0 Å². The van der Waals surface area contributed by atoms with Crippen molar-refractivity contribution in [3.63, 3.8) is 0 Å². The molecule has 0 saturated carbocycles. The van der Waals surface area contributed by atoms with Gasteiger partial charge in [-0.2, -0.15) is 0 Å². The third kappa shape index (κ3) is 152. The molecule has 6 nitrogen and oxygen atoms in total. The van der Waals surface area contributed by atoms with Gasteiger partial charge in [-0.3, -0.25) is 0 Å². The fourth-order valence-electron chi connectivity index (χ4n) is 0. The van der Waals surface area contributed by atoms with Crippen molar-refractivity contribution in [2.75, 3.05) is 0 Å². The second kappa shape index (κ2) is 8.42. The fourth-order valence-corrected chi connectivity index (χ4v) is 0. The Morgan fingerprint density at radius 1 is 1.12 bits per heavy atom. The Morgan fingerprint density at radius 2 is 1.12 bits per heavy atom. The first-order valence-corrected chi connectivity index (χ1v) is 4.07. The summed E-state index contributed by atoms with van der Waals surface area (Å²) in [6, 6.07) is 0. The van der Waals surface area contributed by atoms with Crippen molar-refractivity contribution >= 4 is 52.3 Å². The predicted molar refractivity (Wildman–Crippen MR) is 28.3 cm³/mol. The summed E-state index contributed by atoms with van der Waals surface area (Å²) in [5, 5.41) is 0. The first-order chi connectivity index (χ1) is 2.00. The van der Waals surface area contributed by atoms with Crippen LogP contribution in [0.25, 0.3) is 0 Å². The van der Waals surface area contributed by atoms with Crippen molar-refractivity contribution in [3.05, 3.63) is 0 Å². The first-order valence-electron chi connectivity index (χ1n) is 0.783. The predicted octanol–water partition coefficient (Wildman–Crippen LogP) is -3.98. The Labute approximate surface area is 81.5 Å². The Kier molecular flexibility index (Phi) is 23.9. The largest absolute Gasteiger partial charge is 2.00 e. The van der Waals surface area contributed by atoms with Crippen LogP contribution in [0, 0.1) is 0 Å². The molecule has 0 aromatic heterocycles. The van der Waals surface area contributed by atoms with Crippen molar-refractivity contribution in [2.24, 2.45) is 0 Å². The fraction of sp³-hybridized carbons (Fsp3) is 0. The number of hydrogen-bond donors (Lipinski definition) is 3. The molecule has 0 atom stereocenters. The second-order valence-electron chi connectivity index (χ2n) is 0.513. The van der Waals surface area contributed by atoms with Crippen molar-refractivity contribution in [1.82, 2.24) is 0 Å². The van der Waals surface area contributed by atoms with Gasteiger partial charge in [0.15, 0.2) is 0 Å². The molecule has 7 N–H and O–H groups in total. The van der Waals surface area contributed by atoms with E-state index in [-0.39, 0.29) is 51.5 Å². The van der Waals surface area contributed by atoms with E-state index in [4.69, 9.17) is 16.0 Å². The van der Waals surface area contributed by atoms with Crippen molar-refractivity contribution in [3.8, 4) is 0 Å². The molecule has 0 rings (SSSR count). The van der Waals surface area contributed by atoms with Gasteiger partial charge in [0, 0.05) is 0 Å². The Balaban J connectivity index is -0.00000000800. The zero-order valence-electron chi connectivity index (χ0n) is 5.90. The van der Waals surface area contributed by atoms with Crippen molar-refractivity contribution in [2.45, 2.75) is 0 Å². The van der Waals surface area contributed by atoms with Crippen LogP contribution in [-0.2, 0) is 3.74 Å². The molecule has 0 amide bonds. The molecule has 0 bridgehead atoms. The molecule has 0 aromatic rings. The van der Waals surface area contributed by atoms with Gasteiger partial charge in [0.05, 0.1) is 0 Å². The summed E-state index contributed by atoms with van der Waals surface area (Å²) in [5.74, 6) is 0. The molecule has 0 radical (unpaired) electrons. The monoisotopic (exact) mass is 220 g/mol. The van der Waals surface area contributed by atoms with Crippen LogP contribution < -0.4 is 0 Å². The maximum atomic E-state index is 8.94. The van der Waals surface area contributed by atoms with Crippen LogP contribution in [0.2, 0.25) is 0 Å². The van der Waals surface area contributed by atoms with E-state index in [1.165, 1.54) is 0 Å². The van der Waals surface area contributed by atoms with E-state index in [9.17, 15) is 0 Å². The molecule has 0 aliphatic carbocycles. The molecule has 0 aromatic carbocycles. The first kappa shape index (κ1) is 22.7. The van der Waals surface area contributed by atoms with Crippen molar-refractivity contribution in [1.29, 1.82) is 0 Å². The molecule has 52 valence electrons. The van der Waals surface area contributed by atoms with Gasteiger partial charge in [-0.1, -0.05) is 0 Å². The summed E-state index contributed by atoms with van der Waals surface area (Å²) in [4.78, 5) is 0. The molecule has 0 unspecified atom stereocenters. The SMILES string of the molecule is O.O.O=[As](O)(O)O.[Ca+2].[H-].[H-]. The van der Waals surface area contributed by atoms with Crippen molar-refractivity contribution < 1.29 is 29.8 Å². The summed E-state index contributed by atoms with van der Waals surface area (Å²) in [5.41, 5.74) is 0. The normalized spacial score (nSPS) is 7.38. The van der Waals surface area contributed by atoms with E-state index in [1.54, 1.807) is 0 Å². The smallest absolute Gasteiger partial charge is 1.00 e. The Hall–Kier alpha value is 1.42. The van der Waals surface area contributed by atoms with Gasteiger partial charge in [-0.25, -0.2) is 0 Å². The van der Waals surface area contributed by atoms with Gasteiger partial charge in [0.2, 0.25) is 0 Å². The van der Waals surface area contributed by atoms with E-state index < -0.39 is 14.5 Å². The van der Waals surface area contributed by atoms with Crippen LogP contribution in [0.3, 0.4) is 0 Å². The van der Waals surface area contributed by atoms with E-state index in [0.717, 1.165) is 0 Å². The standard InChI is InChI=1S/AsH3O4.Ca.2H2O.2H/c2-1(3,4)5;;;;;/h(H3,2,3,4,5);;2*1H2;;/q;+2;;;2*-1. The molecule has 0 aliphatic rings. The Morgan fingerprint density at radius 3 is 1.12 bits per heavy atom. The van der Waals surface area contributed by atoms with Gasteiger partial charge in [-0.15, -0.1) is 0 Å². The van der Waals surface area contributed by atoms with Gasteiger partial charge in [-0.05, 0) is 0 Å². The topological polar surface area (TPSA) is 141 Å². The summed E-state index contributed by atoms with van der Waals surface area (Å²) in [6.45, 7) is 0. The minimum atomic E-state index is -5.12. The zero-order valence-corrected chi connectivity index (χ0v) is 7.99.